The molecule has 0 bridgehead atoms. The summed E-state index contributed by atoms with van der Waals surface area (Å²) in [7, 11) is -8.08. The molecule has 4 aromatic rings. The fourth-order valence-electron chi connectivity index (χ4n) is 5.43. The minimum atomic E-state index is -4.82. The number of aromatic amines is 1. The summed E-state index contributed by atoms with van der Waals surface area (Å²) in [5.41, 5.74) is 9.71. The van der Waals surface area contributed by atoms with E-state index in [0.29, 0.717) is 0 Å². The molecule has 0 saturated carbocycles. The van der Waals surface area contributed by atoms with E-state index in [1.807, 2.05) is 0 Å². The Balaban J connectivity index is 1.29. The number of ether oxygens (including phenoxy) is 2. The minimum absolute atomic E-state index is 0.0145. The van der Waals surface area contributed by atoms with Crippen LogP contribution in [0.1, 0.15) is 18.9 Å². The van der Waals surface area contributed by atoms with Crippen molar-refractivity contribution in [1.29, 1.82) is 0 Å². The lowest BCUT2D eigenvalue weighted by Gasteiger charge is -2.26. The number of nitrogens with zero attached hydrogens (tertiary/aromatic N) is 7. The van der Waals surface area contributed by atoms with E-state index < -0.39 is 70.5 Å². The summed E-state index contributed by atoms with van der Waals surface area (Å²) in [6.07, 6.45) is -4.42. The van der Waals surface area contributed by atoms with E-state index in [4.69, 9.17) is 30.0 Å². The van der Waals surface area contributed by atoms with Gasteiger partial charge in [0.2, 0.25) is 5.95 Å². The van der Waals surface area contributed by atoms with Crippen molar-refractivity contribution in [2.24, 2.45) is 0 Å². The SMILES string of the molecule is C=C1[C@@H](P(=O)(O)OC[C@H]2O[C@@H](n3cnc4c(N)ncnc43)[C@H](O)[C@@H]2O[P+](=O)O)[C@H](n2cnc3c(=O)[nH]c(N)nc32)O[C@@H]1CCO. The molecule has 2 saturated heterocycles. The number of nitrogen functional groups attached to an aromatic ring is 2. The molecule has 0 spiro atoms. The molecule has 6 heterocycles. The van der Waals surface area contributed by atoms with Gasteiger partial charge in [-0.3, -0.25) is 23.5 Å². The number of anilines is 2. The number of rotatable bonds is 10. The van der Waals surface area contributed by atoms with Crippen molar-refractivity contribution in [2.45, 2.75) is 49.0 Å². The number of imidazole rings is 2. The molecule has 9 N–H and O–H groups in total. The van der Waals surface area contributed by atoms with Gasteiger partial charge in [-0.25, -0.2) is 19.9 Å². The van der Waals surface area contributed by atoms with E-state index >= 15 is 0 Å². The van der Waals surface area contributed by atoms with Crippen molar-refractivity contribution in [3.8, 4) is 0 Å². The normalized spacial score (nSPS) is 28.7. The first-order chi connectivity index (χ1) is 21.4. The Labute approximate surface area is 251 Å². The van der Waals surface area contributed by atoms with Gasteiger partial charge in [-0.15, -0.1) is 9.42 Å². The second-order valence-electron chi connectivity index (χ2n) is 10.1. The highest BCUT2D eigenvalue weighted by molar-refractivity contribution is 7.54. The molecule has 21 nitrogen and oxygen atoms in total. The third-order valence-electron chi connectivity index (χ3n) is 7.44. The highest BCUT2D eigenvalue weighted by atomic mass is 31.2. The van der Waals surface area contributed by atoms with E-state index in [0.717, 1.165) is 0 Å². The summed E-state index contributed by atoms with van der Waals surface area (Å²) in [6.45, 7) is 2.84. The van der Waals surface area contributed by atoms with Gasteiger partial charge in [-0.1, -0.05) is 6.58 Å². The Hall–Kier alpha value is -3.75. The van der Waals surface area contributed by atoms with Crippen LogP contribution in [0.4, 0.5) is 11.8 Å². The molecular formula is C22H27N10O11P2+. The number of aliphatic hydroxyl groups is 2. The van der Waals surface area contributed by atoms with Crippen LogP contribution in [0.15, 0.2) is 35.9 Å². The van der Waals surface area contributed by atoms with Gasteiger partial charge in [0.1, 0.15) is 29.7 Å². The fourth-order valence-corrected chi connectivity index (χ4v) is 7.54. The first-order valence-corrected chi connectivity index (χ1v) is 15.9. The zero-order valence-corrected chi connectivity index (χ0v) is 24.7. The Morgan fingerprint density at radius 3 is 2.53 bits per heavy atom. The molecule has 0 aliphatic carbocycles. The van der Waals surface area contributed by atoms with Gasteiger partial charge in [0.15, 0.2) is 41.2 Å². The van der Waals surface area contributed by atoms with Gasteiger partial charge in [0.25, 0.3) is 5.56 Å². The Morgan fingerprint density at radius 2 is 1.82 bits per heavy atom. The summed E-state index contributed by atoms with van der Waals surface area (Å²) in [5, 5.41) is 20.6. The Morgan fingerprint density at radius 1 is 1.11 bits per heavy atom. The van der Waals surface area contributed by atoms with Crippen LogP contribution >= 0.6 is 15.9 Å². The molecule has 2 unspecified atom stereocenters. The van der Waals surface area contributed by atoms with Crippen LogP contribution < -0.4 is 17.0 Å². The Kier molecular flexibility index (Phi) is 8.25. The molecule has 45 heavy (non-hydrogen) atoms. The highest BCUT2D eigenvalue weighted by Crippen LogP contribution is 2.59. The molecular weight excluding hydrogens is 642 g/mol. The molecule has 6 rings (SSSR count). The smallest absolute Gasteiger partial charge is 0.396 e. The number of hydrogen-bond acceptors (Lipinski definition) is 16. The van der Waals surface area contributed by atoms with Crippen LogP contribution in [0.25, 0.3) is 22.3 Å². The van der Waals surface area contributed by atoms with Gasteiger partial charge in [-0.05, 0) is 5.57 Å². The zero-order valence-electron chi connectivity index (χ0n) is 22.9. The van der Waals surface area contributed by atoms with Gasteiger partial charge >= 0.3 is 15.9 Å². The van der Waals surface area contributed by atoms with E-state index in [1.165, 1.54) is 28.1 Å². The number of aromatic nitrogens is 8. The maximum absolute atomic E-state index is 13.9. The van der Waals surface area contributed by atoms with Crippen molar-refractivity contribution < 1.29 is 47.7 Å². The molecule has 2 fully saturated rings. The van der Waals surface area contributed by atoms with Crippen molar-refractivity contribution in [3.63, 3.8) is 0 Å². The third-order valence-corrected chi connectivity index (χ3v) is 9.67. The number of hydrogen-bond donors (Lipinski definition) is 7. The number of fused-ring (bicyclic) bond motifs is 2. The maximum Gasteiger partial charge on any atom is 0.695 e. The van der Waals surface area contributed by atoms with Crippen LogP contribution in [0.5, 0.6) is 0 Å². The quantitative estimate of drug-likeness (QED) is 0.0772. The van der Waals surface area contributed by atoms with Crippen LogP contribution in [-0.4, -0.2) is 102 Å². The summed E-state index contributed by atoms with van der Waals surface area (Å²) >= 11 is 0. The van der Waals surface area contributed by atoms with Gasteiger partial charge < -0.3 is 40.6 Å². The van der Waals surface area contributed by atoms with Crippen LogP contribution in [0, 0.1) is 0 Å². The summed E-state index contributed by atoms with van der Waals surface area (Å²) in [5.74, 6) is -0.183. The summed E-state index contributed by atoms with van der Waals surface area (Å²) in [6, 6.07) is 0. The predicted molar refractivity (Wildman–Crippen MR) is 151 cm³/mol. The van der Waals surface area contributed by atoms with Gasteiger partial charge in [0.05, 0.1) is 25.4 Å². The predicted octanol–water partition coefficient (Wildman–Crippen LogP) is -1.18. The van der Waals surface area contributed by atoms with E-state index in [2.05, 4.69) is 36.5 Å². The monoisotopic (exact) mass is 669 g/mol. The highest BCUT2D eigenvalue weighted by Gasteiger charge is 2.54. The van der Waals surface area contributed by atoms with E-state index in [1.54, 1.807) is 0 Å². The molecule has 9 atom stereocenters. The zero-order chi connectivity index (χ0) is 32.2. The van der Waals surface area contributed by atoms with Crippen molar-refractivity contribution in [1.82, 2.24) is 39.0 Å². The number of nitrogens with one attached hydrogen (secondary N) is 1. The molecule has 4 aromatic heterocycles. The largest absolute Gasteiger partial charge is 0.695 e. The first kappa shape index (κ1) is 31.2. The molecule has 23 heteroatoms. The summed E-state index contributed by atoms with van der Waals surface area (Å²) in [4.78, 5) is 55.6. The number of aliphatic hydroxyl groups excluding tert-OH is 2. The molecule has 2 aliphatic rings. The lowest BCUT2D eigenvalue weighted by molar-refractivity contribution is -0.0487. The van der Waals surface area contributed by atoms with Crippen LogP contribution in [0.2, 0.25) is 0 Å². The molecule has 0 amide bonds. The van der Waals surface area contributed by atoms with Crippen molar-refractivity contribution >= 4 is 49.9 Å². The minimum Gasteiger partial charge on any atom is -0.396 e. The third kappa shape index (κ3) is 5.52. The van der Waals surface area contributed by atoms with Crippen molar-refractivity contribution in [2.75, 3.05) is 24.7 Å². The average molecular weight is 669 g/mol. The lowest BCUT2D eigenvalue weighted by atomic mass is 10.1. The fraction of sp³-hybridized carbons (Fsp3) is 0.455. The summed E-state index contributed by atoms with van der Waals surface area (Å²) < 4.78 is 50.5. The van der Waals surface area contributed by atoms with E-state index in [-0.39, 0.29) is 52.7 Å². The first-order valence-electron chi connectivity index (χ1n) is 13.1. The molecule has 0 radical (unpaired) electrons. The second kappa shape index (κ2) is 11.9. The van der Waals surface area contributed by atoms with Crippen LogP contribution in [-0.2, 0) is 27.7 Å². The Bertz CT molecular complexity index is 1900. The average Bonchev–Trinajstić information content (AvgIpc) is 3.73. The molecule has 2 aliphatic heterocycles. The number of H-pyrrole nitrogens is 1. The van der Waals surface area contributed by atoms with Gasteiger partial charge in [-0.2, -0.15) is 4.98 Å². The molecule has 240 valence electrons. The lowest BCUT2D eigenvalue weighted by Crippen LogP contribution is -2.35. The number of nitrogens with two attached hydrogens (primary N) is 2. The van der Waals surface area contributed by atoms with E-state index in [9.17, 15) is 33.9 Å². The van der Waals surface area contributed by atoms with Crippen LogP contribution in [0.3, 0.4) is 0 Å². The maximum atomic E-state index is 13.9. The van der Waals surface area contributed by atoms with Gasteiger partial charge in [0, 0.05) is 17.6 Å². The second-order valence-corrected chi connectivity index (χ2v) is 12.8. The standard InChI is InChI=1S/C22H26N10O11P2/c1-8-9(2-3-33)41-21(32-7-28-12-18(32)29-22(24)30-19(12)35)15(8)45(38,39)40-4-10-14(43-44(36)37)13(34)20(42-10)31-6-27-11-16(23)25-5-26-17(11)31/h5-7,9-10,13-15,20-21,33-34H,1-4H2,(H6-,23,24,25,26,29,30,35,36,37,38,39)/p+1/t9-,10-,13-,14-,15-,20-,21-/m1/s1. The molecule has 0 aromatic carbocycles. The van der Waals surface area contributed by atoms with Crippen molar-refractivity contribution in [3.05, 3.63) is 41.5 Å². The topological polar surface area (TPSA) is 311 Å².